The summed E-state index contributed by atoms with van der Waals surface area (Å²) in [4.78, 5) is 22.1. The van der Waals surface area contributed by atoms with Gasteiger partial charge in [-0.05, 0) is 36.2 Å². The maximum absolute atomic E-state index is 13.4. The monoisotopic (exact) mass is 559 g/mol. The molecule has 0 bridgehead atoms. The van der Waals surface area contributed by atoms with Crippen LogP contribution < -0.4 is 15.4 Å². The van der Waals surface area contributed by atoms with Gasteiger partial charge in [0.05, 0.1) is 16.7 Å². The number of carbonyl (C=O) groups excluding carboxylic acids is 1. The molecule has 3 heterocycles. The average Bonchev–Trinajstić information content (AvgIpc) is 3.32. The van der Waals surface area contributed by atoms with Crippen molar-refractivity contribution in [1.29, 1.82) is 0 Å². The second-order valence-corrected chi connectivity index (χ2v) is 10.0. The number of nitrogens with two attached hydrogens (primary N) is 1. The number of pyridine rings is 2. The van der Waals surface area contributed by atoms with Crippen LogP contribution in [0, 0.1) is 0 Å². The molecule has 1 saturated heterocycles. The van der Waals surface area contributed by atoms with Gasteiger partial charge < -0.3 is 10.2 Å². The molecule has 0 saturated carbocycles. The fourth-order valence-electron chi connectivity index (χ4n) is 4.04. The summed E-state index contributed by atoms with van der Waals surface area (Å²) in [5.74, 6) is -1.32. The molecule has 0 spiro atoms. The Labute approximate surface area is 212 Å². The van der Waals surface area contributed by atoms with Gasteiger partial charge >= 0.3 is 12.4 Å². The first kappa shape index (κ1) is 27.3. The molecule has 8 nitrogen and oxygen atoms in total. The Bertz CT molecular complexity index is 1460. The largest absolute Gasteiger partial charge is 0.417 e. The molecule has 1 fully saturated rings. The highest BCUT2D eigenvalue weighted by Gasteiger charge is 2.35. The van der Waals surface area contributed by atoms with Gasteiger partial charge in [0.15, 0.2) is 5.03 Å². The van der Waals surface area contributed by atoms with E-state index in [4.69, 9.17) is 5.14 Å². The highest BCUT2D eigenvalue weighted by Crippen LogP contribution is 2.36. The molecule has 3 N–H and O–H groups in total. The van der Waals surface area contributed by atoms with E-state index in [1.54, 1.807) is 4.90 Å². The van der Waals surface area contributed by atoms with Crippen molar-refractivity contribution in [3.05, 3.63) is 77.1 Å². The van der Waals surface area contributed by atoms with Crippen molar-refractivity contribution in [2.75, 3.05) is 23.3 Å². The summed E-state index contributed by atoms with van der Waals surface area (Å²) in [7, 11) is -4.21. The zero-order valence-corrected chi connectivity index (χ0v) is 20.0. The lowest BCUT2D eigenvalue weighted by atomic mass is 9.97. The van der Waals surface area contributed by atoms with E-state index in [2.05, 4.69) is 15.3 Å². The van der Waals surface area contributed by atoms with Crippen LogP contribution in [-0.4, -0.2) is 37.4 Å². The number of alkyl halides is 6. The lowest BCUT2D eigenvalue weighted by molar-refractivity contribution is -0.138. The van der Waals surface area contributed by atoms with Crippen LogP contribution in [0.2, 0.25) is 0 Å². The predicted octanol–water partition coefficient (Wildman–Crippen LogP) is 4.41. The van der Waals surface area contributed by atoms with Crippen molar-refractivity contribution in [1.82, 2.24) is 9.97 Å². The van der Waals surface area contributed by atoms with Gasteiger partial charge in [-0.15, -0.1) is 0 Å². The molecule has 202 valence electrons. The number of benzene rings is 1. The smallest absolute Gasteiger partial charge is 0.355 e. The van der Waals surface area contributed by atoms with Crippen LogP contribution in [0.3, 0.4) is 0 Å². The molecule has 1 unspecified atom stereocenters. The van der Waals surface area contributed by atoms with Gasteiger partial charge in [0.25, 0.3) is 15.9 Å². The van der Waals surface area contributed by atoms with Gasteiger partial charge in [-0.25, -0.2) is 23.5 Å². The quantitative estimate of drug-likeness (QED) is 0.448. The number of primary sulfonamides is 1. The second kappa shape index (κ2) is 9.87. The van der Waals surface area contributed by atoms with Crippen molar-refractivity contribution in [3.63, 3.8) is 0 Å². The Balaban J connectivity index is 1.62. The van der Waals surface area contributed by atoms with Crippen molar-refractivity contribution < 1.29 is 39.6 Å². The first-order valence-corrected chi connectivity index (χ1v) is 12.5. The van der Waals surface area contributed by atoms with Gasteiger partial charge in [-0.3, -0.25) is 4.79 Å². The minimum Gasteiger partial charge on any atom is -0.355 e. The number of hydrogen-bond donors (Lipinski definition) is 2. The van der Waals surface area contributed by atoms with E-state index in [-0.39, 0.29) is 30.5 Å². The highest BCUT2D eigenvalue weighted by atomic mass is 32.2. The summed E-state index contributed by atoms with van der Waals surface area (Å²) < 4.78 is 102. The van der Waals surface area contributed by atoms with E-state index in [1.165, 1.54) is 18.2 Å². The number of hydrogen-bond acceptors (Lipinski definition) is 6. The third kappa shape index (κ3) is 6.05. The number of sulfonamides is 1. The molecule has 1 atom stereocenters. The SMILES string of the molecule is NS(=O)(=O)c1cc(NC(=O)c2cc(C(F)(F)F)cnc2N2CCC(c3ccc(C(F)(F)F)cc3)C2)ccn1. The topological polar surface area (TPSA) is 118 Å². The average molecular weight is 559 g/mol. The van der Waals surface area contributed by atoms with E-state index in [9.17, 15) is 39.6 Å². The molecular formula is C23H19F6N5O3S. The Hall–Kier alpha value is -3.72. The first-order chi connectivity index (χ1) is 17.6. The standard InChI is InChI=1S/C23H19F6N5O3S/c24-22(25,26)15-3-1-13(2-4-15)14-6-8-34(12-14)20-18(9-16(11-32-20)23(27,28)29)21(35)33-17-5-7-31-19(10-17)38(30,36)37/h1-5,7,9-11,14H,6,8,12H2,(H2,30,36,37)(H,31,33,35). The van der Waals surface area contributed by atoms with Crippen LogP contribution in [-0.2, 0) is 22.4 Å². The van der Waals surface area contributed by atoms with Gasteiger partial charge in [-0.2, -0.15) is 26.3 Å². The van der Waals surface area contributed by atoms with E-state index in [0.717, 1.165) is 24.4 Å². The second-order valence-electron chi connectivity index (χ2n) is 8.53. The summed E-state index contributed by atoms with van der Waals surface area (Å²) in [6, 6.07) is 7.41. The van der Waals surface area contributed by atoms with Crippen LogP contribution in [0.5, 0.6) is 0 Å². The molecule has 0 aliphatic carbocycles. The maximum Gasteiger partial charge on any atom is 0.417 e. The van der Waals surface area contributed by atoms with E-state index in [1.807, 2.05) is 0 Å². The van der Waals surface area contributed by atoms with Crippen LogP contribution >= 0.6 is 0 Å². The lowest BCUT2D eigenvalue weighted by Crippen LogP contribution is -2.26. The highest BCUT2D eigenvalue weighted by molar-refractivity contribution is 7.89. The zero-order valence-electron chi connectivity index (χ0n) is 19.2. The number of nitrogens with one attached hydrogen (secondary N) is 1. The van der Waals surface area contributed by atoms with Gasteiger partial charge in [0.2, 0.25) is 0 Å². The van der Waals surface area contributed by atoms with E-state index < -0.39 is 50.0 Å². The zero-order chi connectivity index (χ0) is 27.9. The molecular weight excluding hydrogens is 540 g/mol. The molecule has 4 rings (SSSR count). The van der Waals surface area contributed by atoms with Crippen molar-refractivity contribution in [3.8, 4) is 0 Å². The third-order valence-corrected chi connectivity index (χ3v) is 6.73. The minimum atomic E-state index is -4.80. The minimum absolute atomic E-state index is 0.0642. The molecule has 2 aromatic heterocycles. The van der Waals surface area contributed by atoms with E-state index in [0.29, 0.717) is 24.2 Å². The maximum atomic E-state index is 13.4. The Kier molecular flexibility index (Phi) is 7.09. The summed E-state index contributed by atoms with van der Waals surface area (Å²) in [5, 5.41) is 6.81. The number of nitrogens with zero attached hydrogens (tertiary/aromatic N) is 3. The Morgan fingerprint density at radius 1 is 0.974 bits per heavy atom. The Morgan fingerprint density at radius 3 is 2.24 bits per heavy atom. The van der Waals surface area contributed by atoms with Crippen molar-refractivity contribution >= 4 is 27.4 Å². The fourth-order valence-corrected chi connectivity index (χ4v) is 4.54. The normalized spacial score (nSPS) is 16.5. The molecule has 3 aromatic rings. The molecule has 38 heavy (non-hydrogen) atoms. The van der Waals surface area contributed by atoms with Crippen molar-refractivity contribution in [2.45, 2.75) is 29.7 Å². The van der Waals surface area contributed by atoms with Gasteiger partial charge in [-0.1, -0.05) is 12.1 Å². The fraction of sp³-hybridized carbons (Fsp3) is 0.261. The molecule has 1 aliphatic heterocycles. The molecule has 0 radical (unpaired) electrons. The molecule has 1 amide bonds. The number of aromatic nitrogens is 2. The number of rotatable bonds is 5. The van der Waals surface area contributed by atoms with Gasteiger partial charge in [0, 0.05) is 43.2 Å². The number of anilines is 2. The molecule has 1 aliphatic rings. The first-order valence-electron chi connectivity index (χ1n) is 10.9. The summed E-state index contributed by atoms with van der Waals surface area (Å²) in [6.45, 7) is 0.462. The van der Waals surface area contributed by atoms with Crippen molar-refractivity contribution in [2.24, 2.45) is 5.14 Å². The molecule has 15 heteroatoms. The van der Waals surface area contributed by atoms with E-state index >= 15 is 0 Å². The summed E-state index contributed by atoms with van der Waals surface area (Å²) in [6.07, 6.45) is -7.20. The van der Waals surface area contributed by atoms with Crippen LogP contribution in [0.1, 0.15) is 39.4 Å². The predicted molar refractivity (Wildman–Crippen MR) is 124 cm³/mol. The third-order valence-electron chi connectivity index (χ3n) is 5.92. The van der Waals surface area contributed by atoms with Gasteiger partial charge in [0.1, 0.15) is 5.82 Å². The number of carbonyl (C=O) groups is 1. The lowest BCUT2D eigenvalue weighted by Gasteiger charge is -2.22. The van der Waals surface area contributed by atoms with Crippen LogP contribution in [0.15, 0.2) is 59.9 Å². The summed E-state index contributed by atoms with van der Waals surface area (Å²) >= 11 is 0. The Morgan fingerprint density at radius 2 is 1.63 bits per heavy atom. The van der Waals surface area contributed by atoms with Crippen LogP contribution in [0.4, 0.5) is 37.8 Å². The van der Waals surface area contributed by atoms with Crippen LogP contribution in [0.25, 0.3) is 0 Å². The molecule has 1 aromatic carbocycles. The summed E-state index contributed by atoms with van der Waals surface area (Å²) in [5.41, 5.74) is -1.89. The number of amides is 1. The number of halogens is 6.